The molecular formula is C82H93F2N2O17S6+. The second-order valence-corrected chi connectivity index (χ2v) is 33.7. The lowest BCUT2D eigenvalue weighted by Crippen LogP contribution is -2.32. The van der Waals surface area contributed by atoms with Gasteiger partial charge in [-0.1, -0.05) is 198 Å². The smallest absolute Gasteiger partial charge is 0.407 e. The van der Waals surface area contributed by atoms with Crippen LogP contribution in [0, 0.1) is 6.92 Å². The van der Waals surface area contributed by atoms with Crippen LogP contribution >= 0.6 is 0 Å². The molecule has 109 heavy (non-hydrogen) atoms. The maximum absolute atomic E-state index is 12.3. The number of carbonyl (C=O) groups is 5. The molecule has 0 bridgehead atoms. The molecule has 19 nitrogen and oxygen atoms in total. The number of carbonyl (C=O) groups excluding carboxylic acids is 5. The van der Waals surface area contributed by atoms with E-state index in [9.17, 15) is 62.6 Å². The van der Waals surface area contributed by atoms with Gasteiger partial charge in [-0.25, -0.2) is 53.2 Å². The number of hydrogen-bond acceptors (Lipinski definition) is 17. The van der Waals surface area contributed by atoms with Crippen molar-refractivity contribution in [2.24, 2.45) is 0 Å². The molecule has 0 radical (unpaired) electrons. The van der Waals surface area contributed by atoms with Gasteiger partial charge in [0.25, 0.3) is 5.92 Å². The first-order chi connectivity index (χ1) is 50.7. The summed E-state index contributed by atoms with van der Waals surface area (Å²) in [6, 6.07) is 94.7. The third-order valence-corrected chi connectivity index (χ3v) is 22.8. The lowest BCUT2D eigenvalue weighted by molar-refractivity contribution is -0.148. The Morgan fingerprint density at radius 1 is 0.422 bits per heavy atom. The summed E-state index contributed by atoms with van der Waals surface area (Å²) in [4.78, 5) is 66.6. The molecule has 0 unspecified atom stereocenters. The fraction of sp³-hybridized carbons (Fsp3) is 0.207. The average Bonchev–Trinajstić information content (AvgIpc) is 0.830. The summed E-state index contributed by atoms with van der Waals surface area (Å²) in [5.41, 5.74) is 1.86. The highest BCUT2D eigenvalue weighted by atomic mass is 32.3. The molecule has 0 aliphatic carbocycles. The van der Waals surface area contributed by atoms with Gasteiger partial charge < -0.3 is 37.7 Å². The fourth-order valence-corrected chi connectivity index (χ4v) is 17.0. The Morgan fingerprint density at radius 2 is 0.679 bits per heavy atom. The van der Waals surface area contributed by atoms with E-state index >= 15 is 0 Å². The molecule has 0 spiro atoms. The molecule has 582 valence electrons. The SMILES string of the molecule is C.C.C=C(C)C(=O)OCCNC(=O)OCC(C)(F)F.C=C(C)C(=O)OCCOC(=O)CS(=O)(=O)[N-]S(C)(=O)=O.C=C(C)C(=O)OCCS(=O)(=O)[O-].Cc1ccc([S+](c2ccccc2)c2ccccc2)cc1.c1ccc([S+](c2ccccc2)c2ccccc2)cc1.c1ccc([S+](c2ccccc2)c2ccccc2)cc1. The minimum Gasteiger partial charge on any atom is -0.748 e. The first kappa shape index (κ1) is 95.1. The van der Waals surface area contributed by atoms with Crippen molar-refractivity contribution in [1.29, 1.82) is 0 Å². The molecule has 0 aliphatic rings. The summed E-state index contributed by atoms with van der Waals surface area (Å²) >= 11 is 0. The van der Waals surface area contributed by atoms with Gasteiger partial charge in [0.15, 0.2) is 50.7 Å². The van der Waals surface area contributed by atoms with Crippen molar-refractivity contribution in [2.45, 2.75) is 99.5 Å². The minimum absolute atomic E-state index is 0. The summed E-state index contributed by atoms with van der Waals surface area (Å²) < 4.78 is 123. The van der Waals surface area contributed by atoms with Crippen LogP contribution in [0.4, 0.5) is 13.6 Å². The van der Waals surface area contributed by atoms with Gasteiger partial charge >= 0.3 is 30.0 Å². The number of alkyl carbamates (subject to hydrolysis) is 1. The minimum atomic E-state index is -4.46. The third-order valence-electron chi connectivity index (χ3n) is 12.9. The molecule has 0 aliphatic heterocycles. The first-order valence-electron chi connectivity index (χ1n) is 32.4. The fourth-order valence-electron chi connectivity index (χ4n) is 8.21. The highest BCUT2D eigenvalue weighted by Gasteiger charge is 2.31. The van der Waals surface area contributed by atoms with Crippen LogP contribution in [0.25, 0.3) is 4.13 Å². The van der Waals surface area contributed by atoms with Gasteiger partial charge in [-0.3, -0.25) is 4.79 Å². The number of esters is 4. The van der Waals surface area contributed by atoms with Crippen LogP contribution in [0.2, 0.25) is 0 Å². The maximum Gasteiger partial charge on any atom is 0.407 e. The summed E-state index contributed by atoms with van der Waals surface area (Å²) in [6.07, 6.45) is -0.412. The zero-order valence-corrected chi connectivity index (χ0v) is 64.7. The molecule has 9 rings (SSSR count). The van der Waals surface area contributed by atoms with Crippen molar-refractivity contribution in [1.82, 2.24) is 5.32 Å². The number of rotatable bonds is 27. The topological polar surface area (TPSA) is 283 Å². The molecule has 0 aromatic heterocycles. The molecule has 0 saturated carbocycles. The summed E-state index contributed by atoms with van der Waals surface area (Å²) in [5.74, 6) is -8.15. The van der Waals surface area contributed by atoms with Crippen LogP contribution < -0.4 is 5.32 Å². The molecule has 27 heteroatoms. The molecule has 1 amide bonds. The molecular weight excluding hydrogens is 1520 g/mol. The monoisotopic (exact) mass is 1610 g/mol. The van der Waals surface area contributed by atoms with Crippen LogP contribution in [0.15, 0.2) is 347 Å². The normalized spacial score (nSPS) is 10.6. The standard InChI is InChI=1S/C19H17S.2C18H15S.C10H15F2NO4.C9H14NO8S2.C6H10O5S.2CH4/c1-16-12-14-19(15-13-16)20(17-8-4-2-5-9-17)18-10-6-3-7-11-18;2*1-4-10-16(11-5-1)19(17-12-6-2-7-13-17)18-14-8-3-9-15-18;1-7(2)8(14)16-5-4-13-9(15)17-6-10(3,11)12;1-7(2)9(12)18-5-4-17-8(11)6-20(15,16)10-19(3,13)14;1-5(2)6(7)11-3-4-12(8,9)10;;/h2-15H,1H3;2*1-15H;1,4-6H2,2-3H3,(H,13,15);1,4-6H2,2-3H3;1,3-4H2,2H3,(H,8,9,10);2*1H4/q3*+1;;-1;;;/p-1. The van der Waals surface area contributed by atoms with E-state index in [4.69, 9.17) is 0 Å². The Balaban J connectivity index is 0.000000445. The predicted molar refractivity (Wildman–Crippen MR) is 427 cm³/mol. The van der Waals surface area contributed by atoms with Crippen molar-refractivity contribution < 1.29 is 86.2 Å². The molecule has 0 fully saturated rings. The summed E-state index contributed by atoms with van der Waals surface area (Å²) in [6.45, 7) is 14.9. The Hall–Kier alpha value is -9.97. The molecule has 0 atom stereocenters. The van der Waals surface area contributed by atoms with E-state index in [1.165, 1.54) is 70.4 Å². The lowest BCUT2D eigenvalue weighted by Gasteiger charge is -2.16. The Labute approximate surface area is 649 Å². The van der Waals surface area contributed by atoms with Crippen LogP contribution in [0.5, 0.6) is 0 Å². The van der Waals surface area contributed by atoms with E-state index in [2.05, 4.69) is 327 Å². The average molecular weight is 1610 g/mol. The second kappa shape index (κ2) is 49.9. The zero-order chi connectivity index (χ0) is 78.8. The van der Waals surface area contributed by atoms with Gasteiger partial charge in [-0.2, -0.15) is 0 Å². The van der Waals surface area contributed by atoms with Crippen molar-refractivity contribution in [3.05, 3.63) is 313 Å². The van der Waals surface area contributed by atoms with Crippen molar-refractivity contribution >= 4 is 92.8 Å². The molecule has 1 N–H and O–H groups in total. The van der Waals surface area contributed by atoms with E-state index in [0.29, 0.717) is 13.2 Å². The molecule has 0 heterocycles. The number of benzene rings is 9. The number of nitrogens with zero attached hydrogens (tertiary/aromatic N) is 1. The predicted octanol–water partition coefficient (Wildman–Crippen LogP) is 16.4. The second-order valence-electron chi connectivity index (χ2n) is 22.6. The van der Waals surface area contributed by atoms with Gasteiger partial charge in [0.05, 0.1) is 75.1 Å². The summed E-state index contributed by atoms with van der Waals surface area (Å²) in [7, 11) is -12.9. The zero-order valence-electron chi connectivity index (χ0n) is 59.8. The number of nitrogens with one attached hydrogen (secondary N) is 1. The van der Waals surface area contributed by atoms with E-state index in [-0.39, 0.29) is 90.6 Å². The van der Waals surface area contributed by atoms with Crippen molar-refractivity contribution in [3.63, 3.8) is 0 Å². The number of halogens is 2. The number of amides is 1. The first-order valence-corrected chi connectivity index (χ1v) is 41.2. The third kappa shape index (κ3) is 40.2. The number of sulfonamides is 2. The van der Waals surface area contributed by atoms with E-state index in [1.54, 1.807) is 0 Å². The van der Waals surface area contributed by atoms with Gasteiger partial charge in [0, 0.05) is 29.9 Å². The maximum atomic E-state index is 12.3. The van der Waals surface area contributed by atoms with Crippen LogP contribution in [0.1, 0.15) is 48.1 Å². The number of ether oxygens (including phenoxy) is 5. The van der Waals surface area contributed by atoms with E-state index in [1.807, 2.05) is 0 Å². The van der Waals surface area contributed by atoms with E-state index in [0.717, 1.165) is 0 Å². The van der Waals surface area contributed by atoms with Gasteiger partial charge in [-0.05, 0) is 137 Å². The Bertz CT molecular complexity index is 4240. The number of aryl methyl sites for hydroxylation is 1. The lowest BCUT2D eigenvalue weighted by atomic mass is 10.2. The van der Waals surface area contributed by atoms with Gasteiger partial charge in [0.2, 0.25) is 0 Å². The Kier molecular flexibility index (Phi) is 43.5. The van der Waals surface area contributed by atoms with Crippen molar-refractivity contribution in [3.8, 4) is 0 Å². The quantitative estimate of drug-likeness (QED) is 0.0125. The van der Waals surface area contributed by atoms with Crippen molar-refractivity contribution in [2.75, 3.05) is 57.3 Å². The van der Waals surface area contributed by atoms with Gasteiger partial charge in [0.1, 0.15) is 32.2 Å². The summed E-state index contributed by atoms with van der Waals surface area (Å²) in [5, 5.41) is 2.15. The Morgan fingerprint density at radius 3 is 0.936 bits per heavy atom. The molecule has 9 aromatic rings. The highest BCUT2D eigenvalue weighted by Crippen LogP contribution is 2.33. The number of alkyl halides is 2. The number of hydrogen-bond donors (Lipinski definition) is 1. The van der Waals surface area contributed by atoms with Crippen LogP contribution in [-0.2, 0) is 106 Å². The van der Waals surface area contributed by atoms with E-state index < -0.39 is 90.8 Å². The highest BCUT2D eigenvalue weighted by molar-refractivity contribution is 8.12. The molecule has 0 saturated heterocycles. The molecule has 9 aromatic carbocycles. The van der Waals surface area contributed by atoms with Crippen LogP contribution in [0.3, 0.4) is 0 Å². The largest absolute Gasteiger partial charge is 0.748 e. The van der Waals surface area contributed by atoms with Crippen LogP contribution in [-0.4, -0.2) is 123 Å². The van der Waals surface area contributed by atoms with Gasteiger partial charge in [-0.15, -0.1) is 0 Å².